The molecule has 1 aromatic carbocycles. The summed E-state index contributed by atoms with van der Waals surface area (Å²) in [6.07, 6.45) is 0.224. The number of benzene rings is 1. The molecule has 3 aliphatic heterocycles. The van der Waals surface area contributed by atoms with E-state index in [0.29, 0.717) is 41.4 Å². The maximum atomic E-state index is 14.3. The minimum Gasteiger partial charge on any atom is -0.390 e. The highest BCUT2D eigenvalue weighted by atomic mass is 19.3. The van der Waals surface area contributed by atoms with Crippen LogP contribution in [0.1, 0.15) is 44.5 Å². The molecule has 256 valence electrons. The van der Waals surface area contributed by atoms with Crippen LogP contribution in [-0.2, 0) is 27.9 Å². The number of aliphatic hydroxyl groups excluding tert-OH is 1. The number of hydrogen-bond acceptors (Lipinski definition) is 8. The Morgan fingerprint density at radius 1 is 1.19 bits per heavy atom. The minimum absolute atomic E-state index is 0.108. The number of piperazine rings is 1. The smallest absolute Gasteiger partial charge is 0.350 e. The van der Waals surface area contributed by atoms with Crippen molar-refractivity contribution in [3.05, 3.63) is 63.5 Å². The van der Waals surface area contributed by atoms with Gasteiger partial charge >= 0.3 is 5.69 Å². The molecule has 3 atom stereocenters. The lowest BCUT2D eigenvalue weighted by molar-refractivity contribution is -0.121. The number of halogens is 3. The van der Waals surface area contributed by atoms with E-state index < -0.39 is 36.0 Å². The molecule has 14 heteroatoms. The average molecular weight is 660 g/mol. The predicted molar refractivity (Wildman–Crippen MR) is 171 cm³/mol. The Bertz CT molecular complexity index is 1680. The second kappa shape index (κ2) is 13.0. The molecule has 0 spiro atoms. The van der Waals surface area contributed by atoms with Crippen LogP contribution >= 0.6 is 0 Å². The van der Waals surface area contributed by atoms with Crippen LogP contribution in [0.4, 0.5) is 18.9 Å². The Kier molecular flexibility index (Phi) is 9.26. The summed E-state index contributed by atoms with van der Waals surface area (Å²) < 4.78 is 50.0. The molecule has 2 aromatic heterocycles. The van der Waals surface area contributed by atoms with Crippen molar-refractivity contribution >= 4 is 17.2 Å². The Morgan fingerprint density at radius 2 is 1.94 bits per heavy atom. The molecule has 47 heavy (non-hydrogen) atoms. The van der Waals surface area contributed by atoms with Gasteiger partial charge in [-0.05, 0) is 37.6 Å². The highest BCUT2D eigenvalue weighted by Crippen LogP contribution is 2.42. The van der Waals surface area contributed by atoms with Crippen molar-refractivity contribution in [2.75, 3.05) is 64.0 Å². The summed E-state index contributed by atoms with van der Waals surface area (Å²) in [6.45, 7) is 10.4. The summed E-state index contributed by atoms with van der Waals surface area (Å²) in [6, 6.07) is 8.29. The molecule has 5 heterocycles. The molecule has 3 aliphatic rings. The van der Waals surface area contributed by atoms with Gasteiger partial charge in [0.2, 0.25) is 5.91 Å². The highest BCUT2D eigenvalue weighted by Gasteiger charge is 2.43. The van der Waals surface area contributed by atoms with Gasteiger partial charge in [-0.1, -0.05) is 26.0 Å². The fourth-order valence-corrected chi connectivity index (χ4v) is 7.15. The number of nitrogens with one attached hydrogen (secondary N) is 1. The first-order valence-corrected chi connectivity index (χ1v) is 16.2. The monoisotopic (exact) mass is 659 g/mol. The first-order chi connectivity index (χ1) is 22.3. The lowest BCUT2D eigenvalue weighted by Crippen LogP contribution is -2.62. The summed E-state index contributed by atoms with van der Waals surface area (Å²) in [5.74, 6) is -4.08. The van der Waals surface area contributed by atoms with E-state index in [1.165, 1.54) is 16.5 Å². The van der Waals surface area contributed by atoms with Crippen molar-refractivity contribution in [2.45, 2.75) is 70.1 Å². The van der Waals surface area contributed by atoms with Gasteiger partial charge in [0, 0.05) is 68.2 Å². The fourth-order valence-electron chi connectivity index (χ4n) is 7.15. The first-order valence-electron chi connectivity index (χ1n) is 16.2. The lowest BCUT2D eigenvalue weighted by Gasteiger charge is -2.43. The number of rotatable bonds is 9. The Hall–Kier alpha value is -3.30. The number of alkyl halides is 2. The standard InChI is InChI=1S/C33H44F3N7O4/c1-21-14-40(26(13-37-21)15-39-9-10-47-17-22(39)2)16-28(45)41-18-32(3,4)29-27(41)12-24(11-23-5-7-25(34)8-6-23)30-38-42(31(46)43(29)30)19-33(35,36)20-44/h5-8,12,21-22,26,37,44H,9-11,13-20H2,1-4H3/t21-,22-,26-/m1/s1. The summed E-state index contributed by atoms with van der Waals surface area (Å²) >= 11 is 0. The number of morpholine rings is 1. The van der Waals surface area contributed by atoms with Gasteiger partial charge in [0.1, 0.15) is 19.0 Å². The van der Waals surface area contributed by atoms with E-state index in [1.54, 1.807) is 17.0 Å². The van der Waals surface area contributed by atoms with E-state index in [-0.39, 0.29) is 49.2 Å². The molecule has 0 unspecified atom stereocenters. The number of fused-ring (bicyclic) bond motifs is 3. The predicted octanol–water partition coefficient (Wildman–Crippen LogP) is 1.86. The molecule has 6 rings (SSSR count). The van der Waals surface area contributed by atoms with Gasteiger partial charge in [0.15, 0.2) is 5.65 Å². The number of carbonyl (C=O) groups is 1. The first kappa shape index (κ1) is 33.6. The van der Waals surface area contributed by atoms with Gasteiger partial charge in [-0.2, -0.15) is 0 Å². The number of anilines is 1. The topological polar surface area (TPSA) is 108 Å². The van der Waals surface area contributed by atoms with E-state index in [1.807, 2.05) is 19.9 Å². The molecule has 2 N–H and O–H groups in total. The van der Waals surface area contributed by atoms with Gasteiger partial charge in [-0.3, -0.25) is 14.6 Å². The second-order valence-corrected chi connectivity index (χ2v) is 14.0. The SMILES string of the molecule is C[C@@H]1CN(CC(=O)N2CC(C)(C)c3c2cc(Cc2ccc(F)cc2)c2nn(CC(F)(F)CO)c(=O)n32)[C@@H](CN2CCOC[C@H]2C)CN1. The van der Waals surface area contributed by atoms with Crippen LogP contribution in [0.2, 0.25) is 0 Å². The van der Waals surface area contributed by atoms with E-state index in [0.717, 1.165) is 25.2 Å². The van der Waals surface area contributed by atoms with Gasteiger partial charge < -0.3 is 20.1 Å². The lowest BCUT2D eigenvalue weighted by atomic mass is 9.90. The number of nitrogens with zero attached hydrogens (tertiary/aromatic N) is 6. The zero-order chi connectivity index (χ0) is 33.7. The fraction of sp³-hybridized carbons (Fsp3) is 0.606. The number of hydrogen-bond donors (Lipinski definition) is 2. The largest absolute Gasteiger partial charge is 0.390 e. The summed E-state index contributed by atoms with van der Waals surface area (Å²) in [7, 11) is 0. The van der Waals surface area contributed by atoms with E-state index in [9.17, 15) is 27.9 Å². The summed E-state index contributed by atoms with van der Waals surface area (Å²) in [4.78, 5) is 34.4. The Labute approximate surface area is 271 Å². The second-order valence-electron chi connectivity index (χ2n) is 14.0. The van der Waals surface area contributed by atoms with Crippen molar-refractivity contribution in [3.8, 4) is 0 Å². The van der Waals surface area contributed by atoms with Gasteiger partial charge in [0.25, 0.3) is 5.92 Å². The third kappa shape index (κ3) is 6.84. The molecule has 3 aromatic rings. The number of ether oxygens (including phenoxy) is 1. The normalized spacial score (nSPS) is 23.8. The number of pyridine rings is 1. The van der Waals surface area contributed by atoms with Crippen LogP contribution in [0.3, 0.4) is 0 Å². The third-order valence-corrected chi connectivity index (χ3v) is 9.63. The maximum absolute atomic E-state index is 14.3. The maximum Gasteiger partial charge on any atom is 0.350 e. The Morgan fingerprint density at radius 3 is 2.64 bits per heavy atom. The molecule has 11 nitrogen and oxygen atoms in total. The third-order valence-electron chi connectivity index (χ3n) is 9.63. The molecule has 1 amide bonds. The summed E-state index contributed by atoms with van der Waals surface area (Å²) in [5.41, 5.74) is 0.994. The van der Waals surface area contributed by atoms with Crippen LogP contribution in [-0.4, -0.2) is 118 Å². The van der Waals surface area contributed by atoms with Crippen molar-refractivity contribution in [1.29, 1.82) is 0 Å². The number of amides is 1. The van der Waals surface area contributed by atoms with Crippen LogP contribution in [0, 0.1) is 5.82 Å². The molecule has 0 radical (unpaired) electrons. The van der Waals surface area contributed by atoms with E-state index in [2.05, 4.69) is 34.1 Å². The van der Waals surface area contributed by atoms with Crippen molar-refractivity contribution < 1.29 is 27.8 Å². The molecule has 2 saturated heterocycles. The average Bonchev–Trinajstić information content (AvgIpc) is 3.48. The van der Waals surface area contributed by atoms with Crippen molar-refractivity contribution in [1.82, 2.24) is 29.3 Å². The molecule has 0 aliphatic carbocycles. The molecular weight excluding hydrogens is 615 g/mol. The molecule has 2 fully saturated rings. The zero-order valence-electron chi connectivity index (χ0n) is 27.4. The van der Waals surface area contributed by atoms with Crippen LogP contribution in [0.15, 0.2) is 35.1 Å². The van der Waals surface area contributed by atoms with Gasteiger partial charge in [-0.25, -0.2) is 27.0 Å². The van der Waals surface area contributed by atoms with Crippen LogP contribution in [0.25, 0.3) is 5.65 Å². The summed E-state index contributed by atoms with van der Waals surface area (Å²) in [5, 5.41) is 17.1. The van der Waals surface area contributed by atoms with Crippen LogP contribution in [0.5, 0.6) is 0 Å². The molecular formula is C33H44F3N7O4. The van der Waals surface area contributed by atoms with Gasteiger partial charge in [0.05, 0.1) is 31.1 Å². The quantitative estimate of drug-likeness (QED) is 0.359. The Balaban J connectivity index is 1.38. The van der Waals surface area contributed by atoms with E-state index in [4.69, 9.17) is 4.74 Å². The van der Waals surface area contributed by atoms with Crippen LogP contribution < -0.4 is 15.9 Å². The van der Waals surface area contributed by atoms with E-state index >= 15 is 0 Å². The number of aliphatic hydroxyl groups is 1. The minimum atomic E-state index is -3.56. The van der Waals surface area contributed by atoms with Gasteiger partial charge in [-0.15, -0.1) is 5.10 Å². The number of carbonyl (C=O) groups excluding carboxylic acids is 1. The highest BCUT2D eigenvalue weighted by molar-refractivity contribution is 5.97. The zero-order valence-corrected chi connectivity index (χ0v) is 27.4. The van der Waals surface area contributed by atoms with Crippen molar-refractivity contribution in [2.24, 2.45) is 0 Å². The molecule has 0 bridgehead atoms. The molecule has 0 saturated carbocycles. The van der Waals surface area contributed by atoms with Crippen molar-refractivity contribution in [3.63, 3.8) is 0 Å². The number of aromatic nitrogens is 3.